The van der Waals surface area contributed by atoms with Crippen molar-refractivity contribution in [2.24, 2.45) is 0 Å². The summed E-state index contributed by atoms with van der Waals surface area (Å²) in [5, 5.41) is 3.80. The second kappa shape index (κ2) is 9.51. The van der Waals surface area contributed by atoms with Crippen LogP contribution in [0.2, 0.25) is 10.0 Å². The number of anilines is 1. The SMILES string of the molecule is COc1ccc(NC(=O)C[NH+](C)CCOc2c(Cl)cccc2Cl)cc1. The standard InChI is InChI=1S/C18H20Cl2N2O3/c1-22(10-11-25-18-15(19)4-3-5-16(18)20)12-17(23)21-13-6-8-14(24-2)9-7-13/h3-9H,10-12H2,1-2H3,(H,21,23)/p+1. The molecule has 0 fully saturated rings. The predicted octanol–water partition coefficient (Wildman–Crippen LogP) is 2.53. The number of hydrogen-bond donors (Lipinski definition) is 2. The van der Waals surface area contributed by atoms with Crippen molar-refractivity contribution in [3.8, 4) is 11.5 Å². The third-order valence-corrected chi connectivity index (χ3v) is 4.13. The number of amides is 1. The van der Waals surface area contributed by atoms with Gasteiger partial charge in [0.2, 0.25) is 0 Å². The highest BCUT2D eigenvalue weighted by Crippen LogP contribution is 2.32. The number of quaternary nitrogens is 1. The third-order valence-electron chi connectivity index (χ3n) is 3.53. The van der Waals surface area contributed by atoms with Crippen LogP contribution in [0.25, 0.3) is 0 Å². The summed E-state index contributed by atoms with van der Waals surface area (Å²) in [4.78, 5) is 13.1. The van der Waals surface area contributed by atoms with Gasteiger partial charge in [-0.3, -0.25) is 4.79 Å². The lowest BCUT2D eigenvalue weighted by Crippen LogP contribution is -3.10. The van der Waals surface area contributed by atoms with Crippen molar-refractivity contribution in [3.63, 3.8) is 0 Å². The number of hydrogen-bond acceptors (Lipinski definition) is 3. The maximum absolute atomic E-state index is 12.1. The zero-order valence-electron chi connectivity index (χ0n) is 14.1. The van der Waals surface area contributed by atoms with E-state index in [1.165, 1.54) is 0 Å². The van der Waals surface area contributed by atoms with Crippen LogP contribution in [0, 0.1) is 0 Å². The fourth-order valence-electron chi connectivity index (χ4n) is 2.19. The molecule has 2 aromatic carbocycles. The maximum Gasteiger partial charge on any atom is 0.279 e. The zero-order chi connectivity index (χ0) is 18.2. The molecule has 5 nitrogen and oxygen atoms in total. The number of rotatable bonds is 8. The van der Waals surface area contributed by atoms with Crippen LogP contribution in [0.3, 0.4) is 0 Å². The van der Waals surface area contributed by atoms with Crippen LogP contribution in [0.4, 0.5) is 5.69 Å². The van der Waals surface area contributed by atoms with Crippen LogP contribution in [0.1, 0.15) is 0 Å². The van der Waals surface area contributed by atoms with E-state index in [0.717, 1.165) is 16.3 Å². The average molecular weight is 384 g/mol. The van der Waals surface area contributed by atoms with E-state index in [9.17, 15) is 4.79 Å². The number of nitrogens with one attached hydrogen (secondary N) is 2. The van der Waals surface area contributed by atoms with E-state index in [4.69, 9.17) is 32.7 Å². The first-order valence-electron chi connectivity index (χ1n) is 7.81. The Balaban J connectivity index is 1.75. The van der Waals surface area contributed by atoms with Crippen molar-refractivity contribution in [1.82, 2.24) is 0 Å². The largest absolute Gasteiger partial charge is 0.497 e. The molecule has 1 amide bonds. The highest BCUT2D eigenvalue weighted by Gasteiger charge is 2.12. The van der Waals surface area contributed by atoms with Gasteiger partial charge in [0, 0.05) is 5.69 Å². The molecule has 25 heavy (non-hydrogen) atoms. The van der Waals surface area contributed by atoms with Gasteiger partial charge in [-0.05, 0) is 36.4 Å². The van der Waals surface area contributed by atoms with E-state index >= 15 is 0 Å². The molecule has 0 saturated carbocycles. The molecule has 0 bridgehead atoms. The highest BCUT2D eigenvalue weighted by molar-refractivity contribution is 6.37. The highest BCUT2D eigenvalue weighted by atomic mass is 35.5. The first-order chi connectivity index (χ1) is 12.0. The molecular formula is C18H21Cl2N2O3+. The number of benzene rings is 2. The van der Waals surface area contributed by atoms with Gasteiger partial charge in [-0.25, -0.2) is 0 Å². The molecule has 2 rings (SSSR count). The van der Waals surface area contributed by atoms with Gasteiger partial charge >= 0.3 is 0 Å². The van der Waals surface area contributed by atoms with Crippen LogP contribution in [-0.4, -0.2) is 39.8 Å². The number of likely N-dealkylation sites (N-methyl/N-ethyl adjacent to an activating group) is 1. The lowest BCUT2D eigenvalue weighted by Gasteiger charge is -2.15. The third kappa shape index (κ3) is 6.12. The molecule has 0 radical (unpaired) electrons. The molecule has 0 saturated heterocycles. The molecule has 0 heterocycles. The minimum absolute atomic E-state index is 0.0709. The van der Waals surface area contributed by atoms with Crippen molar-refractivity contribution in [2.45, 2.75) is 0 Å². The van der Waals surface area contributed by atoms with Gasteiger partial charge in [0.25, 0.3) is 5.91 Å². The lowest BCUT2D eigenvalue weighted by atomic mass is 10.3. The van der Waals surface area contributed by atoms with E-state index in [1.54, 1.807) is 49.6 Å². The van der Waals surface area contributed by atoms with Crippen LogP contribution < -0.4 is 19.7 Å². The van der Waals surface area contributed by atoms with Gasteiger partial charge in [0.1, 0.15) is 18.9 Å². The monoisotopic (exact) mass is 383 g/mol. The van der Waals surface area contributed by atoms with Crippen molar-refractivity contribution in [1.29, 1.82) is 0 Å². The Labute approximate surface area is 157 Å². The van der Waals surface area contributed by atoms with E-state index in [1.807, 2.05) is 7.05 Å². The number of carbonyl (C=O) groups excluding carboxylic acids is 1. The molecule has 0 spiro atoms. The molecule has 0 aromatic heterocycles. The summed E-state index contributed by atoms with van der Waals surface area (Å²) in [5.41, 5.74) is 0.734. The van der Waals surface area contributed by atoms with Crippen LogP contribution in [-0.2, 0) is 4.79 Å². The summed E-state index contributed by atoms with van der Waals surface area (Å²) < 4.78 is 10.7. The number of methoxy groups -OCH3 is 1. The van der Waals surface area contributed by atoms with Gasteiger partial charge in [-0.1, -0.05) is 29.3 Å². The Kier molecular flexibility index (Phi) is 7.37. The van der Waals surface area contributed by atoms with Crippen LogP contribution in [0.5, 0.6) is 11.5 Å². The Morgan fingerprint density at radius 2 is 1.76 bits per heavy atom. The Bertz CT molecular complexity index is 688. The number of halogens is 2. The molecule has 0 aliphatic rings. The summed E-state index contributed by atoms with van der Waals surface area (Å²) in [6.07, 6.45) is 0. The summed E-state index contributed by atoms with van der Waals surface area (Å²) in [5.74, 6) is 1.15. The first-order valence-corrected chi connectivity index (χ1v) is 8.57. The molecule has 7 heteroatoms. The maximum atomic E-state index is 12.1. The zero-order valence-corrected chi connectivity index (χ0v) is 15.7. The van der Waals surface area contributed by atoms with Crippen molar-refractivity contribution in [2.75, 3.05) is 39.2 Å². The van der Waals surface area contributed by atoms with E-state index < -0.39 is 0 Å². The number of carbonyl (C=O) groups is 1. The van der Waals surface area contributed by atoms with E-state index in [2.05, 4.69) is 5.32 Å². The second-order valence-corrected chi connectivity index (χ2v) is 6.37. The fourth-order valence-corrected chi connectivity index (χ4v) is 2.70. The summed E-state index contributed by atoms with van der Waals surface area (Å²) in [6, 6.07) is 12.4. The molecule has 1 atom stereocenters. The predicted molar refractivity (Wildman–Crippen MR) is 100 cm³/mol. The molecular weight excluding hydrogens is 363 g/mol. The van der Waals surface area contributed by atoms with E-state index in [-0.39, 0.29) is 5.91 Å². The topological polar surface area (TPSA) is 52.0 Å². The number of para-hydroxylation sites is 1. The summed E-state index contributed by atoms with van der Waals surface area (Å²) in [7, 11) is 3.52. The Morgan fingerprint density at radius 1 is 1.12 bits per heavy atom. The van der Waals surface area contributed by atoms with Crippen molar-refractivity contribution < 1.29 is 19.2 Å². The number of ether oxygens (including phenoxy) is 2. The Hall–Kier alpha value is -1.95. The summed E-state index contributed by atoms with van der Waals surface area (Å²) >= 11 is 12.1. The average Bonchev–Trinajstić information content (AvgIpc) is 2.58. The first kappa shape index (κ1) is 19.4. The van der Waals surface area contributed by atoms with Gasteiger partial charge in [0.05, 0.1) is 24.2 Å². The van der Waals surface area contributed by atoms with Crippen LogP contribution in [0.15, 0.2) is 42.5 Å². The summed E-state index contributed by atoms with van der Waals surface area (Å²) in [6.45, 7) is 1.37. The molecule has 1 unspecified atom stereocenters. The van der Waals surface area contributed by atoms with Crippen LogP contribution >= 0.6 is 23.2 Å². The molecule has 2 N–H and O–H groups in total. The molecule has 134 valence electrons. The smallest absolute Gasteiger partial charge is 0.279 e. The van der Waals surface area contributed by atoms with Gasteiger partial charge in [0.15, 0.2) is 12.3 Å². The van der Waals surface area contributed by atoms with E-state index in [0.29, 0.717) is 35.5 Å². The van der Waals surface area contributed by atoms with Gasteiger partial charge < -0.3 is 19.7 Å². The normalized spacial score (nSPS) is 11.7. The van der Waals surface area contributed by atoms with Gasteiger partial charge in [-0.15, -0.1) is 0 Å². The van der Waals surface area contributed by atoms with Crippen molar-refractivity contribution in [3.05, 3.63) is 52.5 Å². The van der Waals surface area contributed by atoms with Gasteiger partial charge in [-0.2, -0.15) is 0 Å². The molecule has 0 aliphatic heterocycles. The van der Waals surface area contributed by atoms with Crippen molar-refractivity contribution >= 4 is 34.8 Å². The Morgan fingerprint density at radius 3 is 2.36 bits per heavy atom. The quantitative estimate of drug-likeness (QED) is 0.736. The fraction of sp³-hybridized carbons (Fsp3) is 0.278. The minimum Gasteiger partial charge on any atom is -0.497 e. The molecule has 0 aliphatic carbocycles. The minimum atomic E-state index is -0.0709. The molecule has 2 aromatic rings. The second-order valence-electron chi connectivity index (χ2n) is 5.56. The lowest BCUT2D eigenvalue weighted by molar-refractivity contribution is -0.871.